The maximum atomic E-state index is 11.8. The zero-order valence-corrected chi connectivity index (χ0v) is 17.6. The Labute approximate surface area is 170 Å². The lowest BCUT2D eigenvalue weighted by Gasteiger charge is -2.58. The topological polar surface area (TPSA) is 68.9 Å². The second kappa shape index (κ2) is 5.66. The smallest absolute Gasteiger partial charge is 0.336 e. The van der Waals surface area contributed by atoms with Crippen molar-refractivity contribution in [3.05, 3.63) is 46.3 Å². The average Bonchev–Trinajstić information content (AvgIpc) is 2.57. The highest BCUT2D eigenvalue weighted by atomic mass is 16.5. The molecule has 29 heavy (non-hydrogen) atoms. The van der Waals surface area contributed by atoms with Crippen LogP contribution in [0.4, 0.5) is 0 Å². The van der Waals surface area contributed by atoms with E-state index in [-0.39, 0.29) is 23.1 Å². The van der Waals surface area contributed by atoms with Crippen LogP contribution in [0.15, 0.2) is 39.6 Å². The van der Waals surface area contributed by atoms with E-state index >= 15 is 0 Å². The van der Waals surface area contributed by atoms with Crippen LogP contribution >= 0.6 is 0 Å². The van der Waals surface area contributed by atoms with E-state index in [9.17, 15) is 9.90 Å². The van der Waals surface area contributed by atoms with Gasteiger partial charge >= 0.3 is 5.63 Å². The molecule has 1 aromatic heterocycles. The van der Waals surface area contributed by atoms with E-state index in [1.54, 1.807) is 19.9 Å². The third-order valence-corrected chi connectivity index (χ3v) is 7.00. The molecule has 1 N–H and O–H groups in total. The minimum absolute atomic E-state index is 0.121. The van der Waals surface area contributed by atoms with Crippen LogP contribution in [0.3, 0.4) is 0 Å². The predicted molar refractivity (Wildman–Crippen MR) is 111 cm³/mol. The molecule has 5 heteroatoms. The molecule has 1 aromatic carbocycles. The normalized spacial score (nSPS) is 32.1. The van der Waals surface area contributed by atoms with Gasteiger partial charge in [0.1, 0.15) is 28.3 Å². The molecule has 0 amide bonds. The molecule has 2 aromatic rings. The maximum absolute atomic E-state index is 11.8. The molecule has 0 radical (unpaired) electrons. The molecule has 2 aliphatic heterocycles. The molecule has 4 atom stereocenters. The van der Waals surface area contributed by atoms with Gasteiger partial charge in [-0.2, -0.15) is 0 Å². The fraction of sp³-hybridized carbons (Fsp3) is 0.542. The molecule has 0 spiro atoms. The number of rotatable bonds is 2. The first kappa shape index (κ1) is 18.7. The van der Waals surface area contributed by atoms with Crippen LogP contribution in [-0.2, 0) is 0 Å². The second-order valence-corrected chi connectivity index (χ2v) is 10.1. The van der Waals surface area contributed by atoms with Crippen molar-refractivity contribution >= 4 is 11.0 Å². The Hall–Kier alpha value is -2.27. The van der Waals surface area contributed by atoms with Gasteiger partial charge in [-0.25, -0.2) is 4.79 Å². The third kappa shape index (κ3) is 2.74. The van der Waals surface area contributed by atoms with E-state index in [2.05, 4.69) is 26.8 Å². The molecule has 3 aliphatic rings. The minimum atomic E-state index is -0.883. The molecule has 0 unspecified atom stereocenters. The molecule has 0 saturated heterocycles. The lowest BCUT2D eigenvalue weighted by atomic mass is 9.56. The summed E-state index contributed by atoms with van der Waals surface area (Å²) in [4.78, 5) is 11.8. The lowest BCUT2D eigenvalue weighted by molar-refractivity contribution is -0.0970. The van der Waals surface area contributed by atoms with E-state index < -0.39 is 11.2 Å². The largest absolute Gasteiger partial charge is 0.487 e. The Balaban J connectivity index is 1.80. The first-order valence-electron chi connectivity index (χ1n) is 10.4. The average molecular weight is 396 g/mol. The van der Waals surface area contributed by atoms with Crippen LogP contribution in [0, 0.1) is 11.8 Å². The van der Waals surface area contributed by atoms with E-state index in [0.717, 1.165) is 35.3 Å². The fourth-order valence-corrected chi connectivity index (χ4v) is 5.64. The van der Waals surface area contributed by atoms with E-state index in [1.807, 2.05) is 12.1 Å². The van der Waals surface area contributed by atoms with E-state index in [4.69, 9.17) is 13.9 Å². The summed E-state index contributed by atoms with van der Waals surface area (Å²) in [5.41, 5.74) is -0.453. The molecule has 5 rings (SSSR count). The Morgan fingerprint density at radius 3 is 2.69 bits per heavy atom. The Morgan fingerprint density at radius 1 is 1.21 bits per heavy atom. The van der Waals surface area contributed by atoms with Gasteiger partial charge in [0.05, 0.1) is 11.0 Å². The van der Waals surface area contributed by atoms with Crippen molar-refractivity contribution in [2.45, 2.75) is 70.2 Å². The lowest BCUT2D eigenvalue weighted by Crippen LogP contribution is -2.58. The number of aliphatic hydroxyl groups is 1. The highest BCUT2D eigenvalue weighted by Crippen LogP contribution is 2.64. The summed E-state index contributed by atoms with van der Waals surface area (Å²) in [6.07, 6.45) is 5.93. The summed E-state index contributed by atoms with van der Waals surface area (Å²) in [6.45, 7) is 10.0. The molecule has 5 nitrogen and oxygen atoms in total. The molecule has 1 aliphatic carbocycles. The van der Waals surface area contributed by atoms with Gasteiger partial charge in [-0.3, -0.25) is 0 Å². The van der Waals surface area contributed by atoms with Crippen molar-refractivity contribution in [1.82, 2.24) is 0 Å². The number of ether oxygens (including phenoxy) is 2. The highest BCUT2D eigenvalue weighted by Gasteiger charge is 2.59. The van der Waals surface area contributed by atoms with Crippen molar-refractivity contribution in [3.8, 4) is 11.5 Å². The van der Waals surface area contributed by atoms with E-state index in [1.165, 1.54) is 6.07 Å². The van der Waals surface area contributed by atoms with Gasteiger partial charge in [-0.1, -0.05) is 12.2 Å². The van der Waals surface area contributed by atoms with Crippen LogP contribution in [0.25, 0.3) is 11.0 Å². The van der Waals surface area contributed by atoms with E-state index in [0.29, 0.717) is 11.5 Å². The molecule has 1 fully saturated rings. The van der Waals surface area contributed by atoms with Gasteiger partial charge in [0, 0.05) is 35.4 Å². The minimum Gasteiger partial charge on any atom is -0.487 e. The Kier molecular flexibility index (Phi) is 3.66. The first-order chi connectivity index (χ1) is 13.5. The van der Waals surface area contributed by atoms with Crippen molar-refractivity contribution < 1.29 is 19.0 Å². The van der Waals surface area contributed by atoms with Crippen LogP contribution in [0.5, 0.6) is 11.5 Å². The molecule has 1 saturated carbocycles. The molecule has 3 heterocycles. The predicted octanol–water partition coefficient (Wildman–Crippen LogP) is 4.55. The number of hydrogen-bond donors (Lipinski definition) is 1. The highest BCUT2D eigenvalue weighted by molar-refractivity contribution is 5.88. The third-order valence-electron chi connectivity index (χ3n) is 7.00. The van der Waals surface area contributed by atoms with Crippen molar-refractivity contribution in [1.29, 1.82) is 0 Å². The zero-order valence-electron chi connectivity index (χ0n) is 17.6. The van der Waals surface area contributed by atoms with Crippen LogP contribution < -0.4 is 15.1 Å². The molecule has 154 valence electrons. The van der Waals surface area contributed by atoms with Crippen LogP contribution in [-0.4, -0.2) is 21.9 Å². The monoisotopic (exact) mass is 396 g/mol. The summed E-state index contributed by atoms with van der Waals surface area (Å²) in [5.74, 6) is 2.18. The second-order valence-electron chi connectivity index (χ2n) is 10.1. The summed E-state index contributed by atoms with van der Waals surface area (Å²) >= 11 is 0. The number of fused-ring (bicyclic) bond motifs is 3. The summed E-state index contributed by atoms with van der Waals surface area (Å²) in [5, 5.41) is 11.1. The molecular weight excluding hydrogens is 368 g/mol. The SMILES string of the molecule is CC(C)(O)/C=C/[C@@H]1[C@@H]2c3c4cc5oc(=O)ccc5c3O[C@@]1(C)CC[C@H]2C(C)(C)O4. The van der Waals surface area contributed by atoms with Crippen molar-refractivity contribution in [3.63, 3.8) is 0 Å². The summed E-state index contributed by atoms with van der Waals surface area (Å²) in [6, 6.07) is 5.07. The quantitative estimate of drug-likeness (QED) is 0.596. The standard InChI is InChI=1S/C24H28O5/c1-22(2,26)10-8-15-19-14-9-11-24(15,5)29-21-13-6-7-18(25)27-16(13)12-17(20(19)21)28-23(14,3)4/h6-8,10,12,14-15,19,26H,9,11H2,1-5H3/b10-8+/t14-,15-,19-,24+/m1/s1. The number of hydrogen-bond acceptors (Lipinski definition) is 5. The Morgan fingerprint density at radius 2 is 1.97 bits per heavy atom. The fourth-order valence-electron chi connectivity index (χ4n) is 5.64. The van der Waals surface area contributed by atoms with Gasteiger partial charge < -0.3 is 19.0 Å². The van der Waals surface area contributed by atoms with Gasteiger partial charge in [0.25, 0.3) is 0 Å². The molecular formula is C24H28O5. The van der Waals surface area contributed by atoms with Crippen LogP contribution in [0.1, 0.15) is 58.9 Å². The Bertz CT molecular complexity index is 1090. The van der Waals surface area contributed by atoms with Crippen LogP contribution in [0.2, 0.25) is 0 Å². The zero-order chi connectivity index (χ0) is 20.8. The summed E-state index contributed by atoms with van der Waals surface area (Å²) in [7, 11) is 0. The van der Waals surface area contributed by atoms with Gasteiger partial charge in [-0.15, -0.1) is 0 Å². The number of benzene rings is 1. The van der Waals surface area contributed by atoms with Crippen molar-refractivity contribution in [2.24, 2.45) is 11.8 Å². The van der Waals surface area contributed by atoms with Gasteiger partial charge in [0.2, 0.25) is 0 Å². The molecule has 2 bridgehead atoms. The van der Waals surface area contributed by atoms with Gasteiger partial charge in [-0.05, 0) is 53.5 Å². The van der Waals surface area contributed by atoms with Crippen molar-refractivity contribution in [2.75, 3.05) is 0 Å². The summed E-state index contributed by atoms with van der Waals surface area (Å²) < 4.78 is 18.6. The van der Waals surface area contributed by atoms with Gasteiger partial charge in [0.15, 0.2) is 0 Å². The first-order valence-corrected chi connectivity index (χ1v) is 10.4. The maximum Gasteiger partial charge on any atom is 0.336 e.